The average molecular weight is 879 g/mol. The summed E-state index contributed by atoms with van der Waals surface area (Å²) in [7, 11) is 0. The maximum atomic E-state index is 15.1. The van der Waals surface area contributed by atoms with E-state index < -0.39 is 48.4 Å². The lowest BCUT2D eigenvalue weighted by molar-refractivity contribution is -0.371. The lowest BCUT2D eigenvalue weighted by atomic mass is 9.99. The smallest absolute Gasteiger partial charge is 0.381 e. The largest absolute Gasteiger partial charge is 0.487 e. The van der Waals surface area contributed by atoms with E-state index in [0.29, 0.717) is 45.7 Å². The standard InChI is InChI=1S/C50H34F8N2O4/c51-47(52,31-61-39-25-21-37(22-26-39)59(36-15-2-1-3-16-36)45-29-34-12-5-8-19-43(34)63-45)49(55,56)50(57,58)48(53,54)32-62-40-27-23-38(24-28-40)60(46-30-35-13-6-9-20-44(35)64-46)42-18-10-14-33-11-4-7-17-41(33)42/h1-30H,31-32H2. The van der Waals surface area contributed by atoms with E-state index in [-0.39, 0.29) is 0 Å². The molecule has 2 aromatic heterocycles. The van der Waals surface area contributed by atoms with Gasteiger partial charge in [-0.25, -0.2) is 0 Å². The molecule has 0 fully saturated rings. The number of rotatable bonds is 15. The van der Waals surface area contributed by atoms with Crippen molar-refractivity contribution in [1.82, 2.24) is 0 Å². The van der Waals surface area contributed by atoms with Gasteiger partial charge in [0.05, 0.1) is 5.69 Å². The van der Waals surface area contributed by atoms with Crippen LogP contribution in [0.25, 0.3) is 32.7 Å². The Hall–Kier alpha value is -7.48. The minimum atomic E-state index is -6.59. The van der Waals surface area contributed by atoms with Crippen molar-refractivity contribution in [3.63, 3.8) is 0 Å². The van der Waals surface area contributed by atoms with Gasteiger partial charge in [-0.1, -0.05) is 91.0 Å². The van der Waals surface area contributed by atoms with Crippen molar-refractivity contribution < 1.29 is 53.4 Å². The zero-order chi connectivity index (χ0) is 44.7. The summed E-state index contributed by atoms with van der Waals surface area (Å²) in [5.41, 5.74) is 3.36. The highest BCUT2D eigenvalue weighted by molar-refractivity contribution is 5.99. The third kappa shape index (κ3) is 7.69. The molecule has 9 rings (SSSR count). The molecule has 0 bridgehead atoms. The van der Waals surface area contributed by atoms with Crippen molar-refractivity contribution in [2.45, 2.75) is 23.7 Å². The monoisotopic (exact) mass is 878 g/mol. The van der Waals surface area contributed by atoms with Crippen LogP contribution in [0.5, 0.6) is 11.5 Å². The maximum Gasteiger partial charge on any atom is 0.381 e. The van der Waals surface area contributed by atoms with Crippen LogP contribution in [0.3, 0.4) is 0 Å². The summed E-state index contributed by atoms with van der Waals surface area (Å²) in [4.78, 5) is 3.44. The molecular formula is C50H34F8N2O4. The van der Waals surface area contributed by atoms with Crippen LogP contribution in [0, 0.1) is 0 Å². The number of benzene rings is 7. The van der Waals surface area contributed by atoms with Crippen LogP contribution in [0.1, 0.15) is 0 Å². The summed E-state index contributed by atoms with van der Waals surface area (Å²) in [6, 6.07) is 50.4. The molecule has 0 atom stereocenters. The van der Waals surface area contributed by atoms with E-state index in [1.54, 1.807) is 76.5 Å². The normalized spacial score (nSPS) is 12.5. The Bertz CT molecular complexity index is 2970. The Morgan fingerprint density at radius 2 is 0.797 bits per heavy atom. The molecule has 0 unspecified atom stereocenters. The molecule has 324 valence electrons. The van der Waals surface area contributed by atoms with E-state index in [0.717, 1.165) is 45.8 Å². The highest BCUT2D eigenvalue weighted by Crippen LogP contribution is 2.53. The summed E-state index contributed by atoms with van der Waals surface area (Å²) in [6.45, 7) is -4.70. The molecule has 9 aromatic rings. The highest BCUT2D eigenvalue weighted by atomic mass is 19.4. The van der Waals surface area contributed by atoms with Gasteiger partial charge in [0.2, 0.25) is 11.8 Å². The van der Waals surface area contributed by atoms with E-state index in [4.69, 9.17) is 18.3 Å². The number of anilines is 6. The molecule has 6 nitrogen and oxygen atoms in total. The first-order valence-electron chi connectivity index (χ1n) is 19.8. The number of para-hydroxylation sites is 3. The Morgan fingerprint density at radius 1 is 0.391 bits per heavy atom. The summed E-state index contributed by atoms with van der Waals surface area (Å²) in [5.74, 6) is -24.8. The molecule has 14 heteroatoms. The predicted molar refractivity (Wildman–Crippen MR) is 230 cm³/mol. The second-order valence-electron chi connectivity index (χ2n) is 14.9. The van der Waals surface area contributed by atoms with Crippen LogP contribution in [0.2, 0.25) is 0 Å². The summed E-state index contributed by atoms with van der Waals surface area (Å²) < 4.78 is 142. The van der Waals surface area contributed by atoms with Crippen molar-refractivity contribution >= 4 is 67.2 Å². The molecule has 0 radical (unpaired) electrons. The predicted octanol–water partition coefficient (Wildman–Crippen LogP) is 15.3. The molecule has 0 saturated heterocycles. The number of alkyl halides is 8. The van der Waals surface area contributed by atoms with Crippen molar-refractivity contribution in [2.75, 3.05) is 23.0 Å². The minimum absolute atomic E-state index is 0.384. The number of nitrogens with zero attached hydrogens (tertiary/aromatic N) is 2. The second kappa shape index (κ2) is 16.3. The lowest BCUT2D eigenvalue weighted by Crippen LogP contribution is -2.65. The SMILES string of the molecule is FC(F)(COc1ccc(N(c2ccccc2)c2cc3ccccc3o2)cc1)C(F)(F)C(F)(F)C(F)(F)COc1ccc(N(c2cc3ccccc3o2)c2cccc3ccccc23)cc1. The Kier molecular flexibility index (Phi) is 10.7. The van der Waals surface area contributed by atoms with Crippen LogP contribution >= 0.6 is 0 Å². The number of hydrogen-bond donors (Lipinski definition) is 0. The Morgan fingerprint density at radius 3 is 1.31 bits per heavy atom. The fourth-order valence-electron chi connectivity index (χ4n) is 7.30. The molecule has 0 aliphatic rings. The van der Waals surface area contributed by atoms with Crippen LogP contribution < -0.4 is 19.3 Å². The van der Waals surface area contributed by atoms with Gasteiger partial charge in [-0.3, -0.25) is 9.80 Å². The van der Waals surface area contributed by atoms with Gasteiger partial charge in [0.25, 0.3) is 0 Å². The lowest BCUT2D eigenvalue weighted by Gasteiger charge is -2.36. The van der Waals surface area contributed by atoms with E-state index in [1.165, 1.54) is 24.3 Å². The third-order valence-corrected chi connectivity index (χ3v) is 10.6. The summed E-state index contributed by atoms with van der Waals surface area (Å²) in [5, 5.41) is 3.32. The second-order valence-corrected chi connectivity index (χ2v) is 14.9. The molecule has 0 spiro atoms. The molecule has 0 aliphatic carbocycles. The number of hydrogen-bond acceptors (Lipinski definition) is 6. The van der Waals surface area contributed by atoms with Crippen molar-refractivity contribution in [3.05, 3.63) is 182 Å². The van der Waals surface area contributed by atoms with Gasteiger partial charge in [-0.2, -0.15) is 35.1 Å². The molecule has 64 heavy (non-hydrogen) atoms. The number of halogens is 8. The first-order valence-corrected chi connectivity index (χ1v) is 19.8. The van der Waals surface area contributed by atoms with E-state index in [9.17, 15) is 0 Å². The van der Waals surface area contributed by atoms with Crippen molar-refractivity contribution in [3.8, 4) is 11.5 Å². The van der Waals surface area contributed by atoms with E-state index in [1.807, 2.05) is 66.7 Å². The van der Waals surface area contributed by atoms with Gasteiger partial charge in [0, 0.05) is 45.4 Å². The quantitative estimate of drug-likeness (QED) is 0.0957. The number of ether oxygens (including phenoxy) is 2. The zero-order valence-corrected chi connectivity index (χ0v) is 33.3. The molecule has 0 amide bonds. The number of fused-ring (bicyclic) bond motifs is 3. The fraction of sp³-hybridized carbons (Fsp3) is 0.120. The van der Waals surface area contributed by atoms with Crippen LogP contribution in [0.15, 0.2) is 191 Å². The third-order valence-electron chi connectivity index (χ3n) is 10.6. The van der Waals surface area contributed by atoms with Gasteiger partial charge in [0.1, 0.15) is 22.7 Å². The first-order chi connectivity index (χ1) is 30.7. The summed E-state index contributed by atoms with van der Waals surface area (Å²) >= 11 is 0. The fourth-order valence-corrected chi connectivity index (χ4v) is 7.30. The van der Waals surface area contributed by atoms with Crippen LogP contribution in [-0.2, 0) is 0 Å². The van der Waals surface area contributed by atoms with Crippen LogP contribution in [-0.4, -0.2) is 36.9 Å². The topological polar surface area (TPSA) is 51.2 Å². The molecule has 0 N–H and O–H groups in total. The minimum Gasteiger partial charge on any atom is -0.487 e. The van der Waals surface area contributed by atoms with E-state index in [2.05, 4.69) is 0 Å². The Balaban J connectivity index is 0.892. The average Bonchev–Trinajstić information content (AvgIpc) is 3.93. The highest BCUT2D eigenvalue weighted by Gasteiger charge is 2.81. The van der Waals surface area contributed by atoms with Gasteiger partial charge >= 0.3 is 23.7 Å². The first kappa shape index (κ1) is 41.9. The van der Waals surface area contributed by atoms with Gasteiger partial charge < -0.3 is 18.3 Å². The molecular weight excluding hydrogens is 845 g/mol. The molecule has 0 aliphatic heterocycles. The summed E-state index contributed by atoms with van der Waals surface area (Å²) in [6.07, 6.45) is 0. The van der Waals surface area contributed by atoms with Crippen molar-refractivity contribution in [1.29, 1.82) is 0 Å². The maximum absolute atomic E-state index is 15.1. The van der Waals surface area contributed by atoms with Crippen molar-refractivity contribution in [2.24, 2.45) is 0 Å². The number of furan rings is 2. The van der Waals surface area contributed by atoms with Gasteiger partial charge in [-0.15, -0.1) is 0 Å². The molecule has 0 saturated carbocycles. The van der Waals surface area contributed by atoms with Gasteiger partial charge in [0.15, 0.2) is 13.2 Å². The van der Waals surface area contributed by atoms with Gasteiger partial charge in [-0.05, 0) is 84.2 Å². The molecule has 7 aromatic carbocycles. The van der Waals surface area contributed by atoms with E-state index >= 15 is 35.1 Å². The molecule has 2 heterocycles. The zero-order valence-electron chi connectivity index (χ0n) is 33.3. The Labute approximate surface area is 360 Å². The van der Waals surface area contributed by atoms with Crippen LogP contribution in [0.4, 0.5) is 69.6 Å².